The lowest BCUT2D eigenvalue weighted by atomic mass is 10.0. The molecule has 0 radical (unpaired) electrons. The normalized spacial score (nSPS) is 11.4. The second-order valence-corrected chi connectivity index (χ2v) is 4.67. The fourth-order valence-electron chi connectivity index (χ4n) is 2.47. The lowest BCUT2D eigenvalue weighted by molar-refractivity contribution is 0.475. The van der Waals surface area contributed by atoms with Gasteiger partial charge in [-0.1, -0.05) is 12.1 Å². The van der Waals surface area contributed by atoms with Crippen LogP contribution in [0.4, 0.5) is 0 Å². The van der Waals surface area contributed by atoms with E-state index >= 15 is 0 Å². The molecule has 5 nitrogen and oxygen atoms in total. The summed E-state index contributed by atoms with van der Waals surface area (Å²) in [5, 5.41) is 16.3. The third kappa shape index (κ3) is 1.46. The molecule has 2 aromatic heterocycles. The lowest BCUT2D eigenvalue weighted by Crippen LogP contribution is -1.95. The zero-order chi connectivity index (χ0) is 13.7. The molecule has 0 unspecified atom stereocenters. The van der Waals surface area contributed by atoms with Crippen LogP contribution in [0, 0.1) is 0 Å². The average Bonchev–Trinajstić information content (AvgIpc) is 2.85. The quantitative estimate of drug-likeness (QED) is 0.495. The summed E-state index contributed by atoms with van der Waals surface area (Å²) in [6.45, 7) is 0. The summed E-state index contributed by atoms with van der Waals surface area (Å²) in [6.07, 6.45) is 1.60. The molecule has 3 N–H and O–H groups in total. The first-order chi connectivity index (χ1) is 9.72. The van der Waals surface area contributed by atoms with Crippen molar-refractivity contribution in [3.63, 3.8) is 0 Å². The van der Waals surface area contributed by atoms with E-state index in [1.807, 2.05) is 12.1 Å². The molecule has 4 aromatic rings. The standard InChI is InChI=1S/C15H10N2O3/c18-9-3-1-8(2-4-9)11-7-20-13-6-10(19)5-12-14(13)15(11)17-16-12/h1-7,16-18H. The Labute approximate surface area is 112 Å². The van der Waals surface area contributed by atoms with Crippen LogP contribution < -0.4 is 5.43 Å². The van der Waals surface area contributed by atoms with Crippen LogP contribution in [-0.2, 0) is 0 Å². The van der Waals surface area contributed by atoms with Gasteiger partial charge in [-0.15, -0.1) is 0 Å². The Kier molecular flexibility index (Phi) is 2.06. The number of benzene rings is 2. The molecule has 0 aliphatic heterocycles. The van der Waals surface area contributed by atoms with Crippen molar-refractivity contribution in [1.29, 1.82) is 0 Å². The molecule has 0 saturated carbocycles. The SMILES string of the molecule is O=c1cc2[nH][nH]c3c(-c4ccc(O)cc4)coc(c1)c23. The highest BCUT2D eigenvalue weighted by atomic mass is 16.3. The maximum atomic E-state index is 11.5. The van der Waals surface area contributed by atoms with Gasteiger partial charge in [-0.25, -0.2) is 0 Å². The fraction of sp³-hybridized carbons (Fsp3) is 0. The minimum absolute atomic E-state index is 0.101. The number of H-pyrrole nitrogens is 2. The van der Waals surface area contributed by atoms with Crippen molar-refractivity contribution in [1.82, 2.24) is 10.2 Å². The predicted molar refractivity (Wildman–Crippen MR) is 75.8 cm³/mol. The molecule has 4 rings (SSSR count). The minimum Gasteiger partial charge on any atom is -0.508 e. The Morgan fingerprint density at radius 2 is 1.85 bits per heavy atom. The third-order valence-corrected chi connectivity index (χ3v) is 3.40. The van der Waals surface area contributed by atoms with Crippen LogP contribution in [0.15, 0.2) is 51.9 Å². The smallest absolute Gasteiger partial charge is 0.184 e. The Morgan fingerprint density at radius 1 is 1.05 bits per heavy atom. The summed E-state index contributed by atoms with van der Waals surface area (Å²) in [4.78, 5) is 11.5. The zero-order valence-electron chi connectivity index (χ0n) is 10.3. The molecule has 2 aromatic carbocycles. The molecule has 0 spiro atoms. The first kappa shape index (κ1) is 10.9. The van der Waals surface area contributed by atoms with Crippen molar-refractivity contribution in [2.75, 3.05) is 0 Å². The average molecular weight is 266 g/mol. The second-order valence-electron chi connectivity index (χ2n) is 4.67. The lowest BCUT2D eigenvalue weighted by Gasteiger charge is -2.04. The predicted octanol–water partition coefficient (Wildman–Crippen LogP) is 2.98. The molecule has 5 heteroatoms. The van der Waals surface area contributed by atoms with Crippen molar-refractivity contribution in [2.45, 2.75) is 0 Å². The van der Waals surface area contributed by atoms with Crippen LogP contribution in [0.2, 0.25) is 0 Å². The molecule has 20 heavy (non-hydrogen) atoms. The Bertz CT molecular complexity index is 974. The van der Waals surface area contributed by atoms with Crippen LogP contribution in [0.25, 0.3) is 33.1 Å². The van der Waals surface area contributed by atoms with E-state index in [4.69, 9.17) is 4.42 Å². The van der Waals surface area contributed by atoms with E-state index in [0.717, 1.165) is 22.0 Å². The van der Waals surface area contributed by atoms with Gasteiger partial charge >= 0.3 is 0 Å². The summed E-state index contributed by atoms with van der Waals surface area (Å²) in [7, 11) is 0. The monoisotopic (exact) mass is 266 g/mol. The van der Waals surface area contributed by atoms with E-state index in [-0.39, 0.29) is 11.2 Å². The number of aromatic hydroxyl groups is 1. The Morgan fingerprint density at radius 3 is 2.65 bits per heavy atom. The van der Waals surface area contributed by atoms with Gasteiger partial charge < -0.3 is 9.52 Å². The number of hydrogen-bond acceptors (Lipinski definition) is 3. The van der Waals surface area contributed by atoms with Gasteiger partial charge in [-0.3, -0.25) is 15.0 Å². The van der Waals surface area contributed by atoms with Crippen molar-refractivity contribution < 1.29 is 9.52 Å². The molecule has 0 bridgehead atoms. The van der Waals surface area contributed by atoms with Gasteiger partial charge in [0.05, 0.1) is 16.4 Å². The summed E-state index contributed by atoms with van der Waals surface area (Å²) in [5.41, 5.74) is 3.80. The van der Waals surface area contributed by atoms with Gasteiger partial charge in [0.2, 0.25) is 0 Å². The van der Waals surface area contributed by atoms with Crippen LogP contribution >= 0.6 is 0 Å². The Hall–Kier alpha value is -2.95. The van der Waals surface area contributed by atoms with E-state index in [9.17, 15) is 9.90 Å². The summed E-state index contributed by atoms with van der Waals surface area (Å²) < 4.78 is 5.57. The van der Waals surface area contributed by atoms with Gasteiger partial charge in [0.1, 0.15) is 17.6 Å². The van der Waals surface area contributed by atoms with Crippen molar-refractivity contribution in [2.24, 2.45) is 0 Å². The van der Waals surface area contributed by atoms with Crippen LogP contribution in [0.3, 0.4) is 0 Å². The van der Waals surface area contributed by atoms with E-state index in [0.29, 0.717) is 11.1 Å². The number of aromatic amines is 2. The molecule has 0 fully saturated rings. The highest BCUT2D eigenvalue weighted by Crippen LogP contribution is 2.32. The van der Waals surface area contributed by atoms with Gasteiger partial charge in [0.25, 0.3) is 0 Å². The second kappa shape index (κ2) is 3.77. The summed E-state index contributed by atoms with van der Waals surface area (Å²) >= 11 is 0. The van der Waals surface area contributed by atoms with Crippen molar-refractivity contribution >= 4 is 22.0 Å². The largest absolute Gasteiger partial charge is 0.508 e. The van der Waals surface area contributed by atoms with Gasteiger partial charge in [-0.2, -0.15) is 0 Å². The molecule has 98 valence electrons. The van der Waals surface area contributed by atoms with Crippen molar-refractivity contribution in [3.05, 3.63) is 52.9 Å². The van der Waals surface area contributed by atoms with Gasteiger partial charge in [-0.05, 0) is 17.7 Å². The molecule has 0 amide bonds. The molecule has 0 aliphatic rings. The first-order valence-electron chi connectivity index (χ1n) is 6.13. The third-order valence-electron chi connectivity index (χ3n) is 3.40. The van der Waals surface area contributed by atoms with Crippen LogP contribution in [0.1, 0.15) is 0 Å². The van der Waals surface area contributed by atoms with E-state index < -0.39 is 0 Å². The highest BCUT2D eigenvalue weighted by molar-refractivity contribution is 6.09. The fourth-order valence-corrected chi connectivity index (χ4v) is 2.47. The molecule has 0 atom stereocenters. The number of phenolic OH excluding ortho intramolecular Hbond substituents is 1. The maximum absolute atomic E-state index is 11.5. The molecule has 0 aliphatic carbocycles. The first-order valence-corrected chi connectivity index (χ1v) is 6.13. The van der Waals surface area contributed by atoms with E-state index in [1.54, 1.807) is 18.4 Å². The molecular formula is C15H10N2O3. The number of phenols is 1. The summed E-state index contributed by atoms with van der Waals surface area (Å²) in [6, 6.07) is 9.86. The number of nitrogens with one attached hydrogen (secondary N) is 2. The molecule has 2 heterocycles. The highest BCUT2D eigenvalue weighted by Gasteiger charge is 2.13. The maximum Gasteiger partial charge on any atom is 0.184 e. The van der Waals surface area contributed by atoms with Crippen molar-refractivity contribution in [3.8, 4) is 16.9 Å². The number of hydrogen-bond donors (Lipinski definition) is 3. The Balaban J connectivity index is 2.09. The summed E-state index contributed by atoms with van der Waals surface area (Å²) in [5.74, 6) is 0.214. The van der Waals surface area contributed by atoms with Crippen LogP contribution in [0.5, 0.6) is 5.75 Å². The van der Waals surface area contributed by atoms with Crippen LogP contribution in [-0.4, -0.2) is 15.3 Å². The zero-order valence-corrected chi connectivity index (χ0v) is 10.3. The minimum atomic E-state index is -0.101. The van der Waals surface area contributed by atoms with E-state index in [2.05, 4.69) is 10.2 Å². The van der Waals surface area contributed by atoms with Gasteiger partial charge in [0.15, 0.2) is 5.43 Å². The molecular weight excluding hydrogens is 256 g/mol. The molecule has 0 saturated heterocycles. The van der Waals surface area contributed by atoms with Gasteiger partial charge in [0, 0.05) is 17.7 Å². The number of rotatable bonds is 1. The number of aromatic nitrogens is 2. The topological polar surface area (TPSA) is 82.0 Å². The van der Waals surface area contributed by atoms with E-state index in [1.165, 1.54) is 12.1 Å².